The van der Waals surface area contributed by atoms with Crippen LogP contribution in [0.15, 0.2) is 12.1 Å². The molecule has 3 aliphatic heterocycles. The van der Waals surface area contributed by atoms with Gasteiger partial charge in [0.05, 0.1) is 18.4 Å². The molecule has 0 N–H and O–H groups in total. The molecule has 2 saturated heterocycles. The maximum absolute atomic E-state index is 13.2. The van der Waals surface area contributed by atoms with Crippen LogP contribution >= 0.6 is 11.6 Å². The minimum atomic E-state index is -0.578. The highest BCUT2D eigenvalue weighted by Crippen LogP contribution is 2.52. The minimum Gasteiger partial charge on any atom is -0.486 e. The number of amides is 1. The van der Waals surface area contributed by atoms with Crippen LogP contribution in [-0.2, 0) is 20.7 Å². The summed E-state index contributed by atoms with van der Waals surface area (Å²) in [4.78, 5) is 27.9. The fourth-order valence-electron chi connectivity index (χ4n) is 5.07. The highest BCUT2D eigenvalue weighted by atomic mass is 35.5. The van der Waals surface area contributed by atoms with E-state index in [0.29, 0.717) is 49.2 Å². The van der Waals surface area contributed by atoms with Crippen molar-refractivity contribution in [1.82, 2.24) is 4.90 Å². The Morgan fingerprint density at radius 3 is 2.61 bits per heavy atom. The Morgan fingerprint density at radius 2 is 1.93 bits per heavy atom. The molecule has 152 valence electrons. The van der Waals surface area contributed by atoms with E-state index < -0.39 is 5.41 Å². The van der Waals surface area contributed by atoms with Gasteiger partial charge >= 0.3 is 5.97 Å². The highest BCUT2D eigenvalue weighted by Gasteiger charge is 2.60. The topological polar surface area (TPSA) is 65.1 Å². The van der Waals surface area contributed by atoms with Crippen LogP contribution in [-0.4, -0.2) is 48.7 Å². The van der Waals surface area contributed by atoms with Crippen molar-refractivity contribution in [3.05, 3.63) is 22.7 Å². The van der Waals surface area contributed by atoms with Crippen molar-refractivity contribution in [2.24, 2.45) is 5.41 Å². The van der Waals surface area contributed by atoms with Crippen LogP contribution < -0.4 is 9.47 Å². The van der Waals surface area contributed by atoms with Crippen LogP contribution in [0, 0.1) is 5.41 Å². The monoisotopic (exact) mass is 407 g/mol. The normalized spacial score (nSPS) is 27.8. The van der Waals surface area contributed by atoms with Crippen molar-refractivity contribution >= 4 is 23.5 Å². The Labute approximate surface area is 170 Å². The first-order chi connectivity index (χ1) is 13.5. The molecule has 0 unspecified atom stereocenters. The molecule has 7 heteroatoms. The summed E-state index contributed by atoms with van der Waals surface area (Å²) < 4.78 is 16.5. The van der Waals surface area contributed by atoms with Crippen LogP contribution in [0.25, 0.3) is 0 Å². The molecule has 0 aromatic heterocycles. The lowest BCUT2D eigenvalue weighted by molar-refractivity contribution is -0.158. The molecule has 1 amide bonds. The first-order valence-corrected chi connectivity index (χ1v) is 10.4. The van der Waals surface area contributed by atoms with E-state index in [1.165, 1.54) is 0 Å². The van der Waals surface area contributed by atoms with Gasteiger partial charge in [0.15, 0.2) is 11.5 Å². The van der Waals surface area contributed by atoms with E-state index in [2.05, 4.69) is 0 Å². The summed E-state index contributed by atoms with van der Waals surface area (Å²) in [5.74, 6) is 1.07. The molecule has 6 nitrogen and oxygen atoms in total. The smallest absolute Gasteiger partial charge is 0.314 e. The Morgan fingerprint density at radius 1 is 1.21 bits per heavy atom. The number of hydrogen-bond acceptors (Lipinski definition) is 5. The number of rotatable bonds is 5. The zero-order valence-corrected chi connectivity index (χ0v) is 17.1. The van der Waals surface area contributed by atoms with Crippen molar-refractivity contribution in [3.8, 4) is 11.5 Å². The maximum atomic E-state index is 13.2. The Hall–Kier alpha value is -1.95. The van der Waals surface area contributed by atoms with Gasteiger partial charge in [0.2, 0.25) is 5.91 Å². The molecular weight excluding hydrogens is 382 g/mol. The number of hydrogen-bond donors (Lipinski definition) is 0. The average Bonchev–Trinajstić information content (AvgIpc) is 3.25. The molecule has 28 heavy (non-hydrogen) atoms. The van der Waals surface area contributed by atoms with Gasteiger partial charge < -0.3 is 19.1 Å². The van der Waals surface area contributed by atoms with E-state index in [-0.39, 0.29) is 30.4 Å². The summed E-state index contributed by atoms with van der Waals surface area (Å²) in [5, 5.41) is 0.497. The predicted octanol–water partition coefficient (Wildman–Crippen LogP) is 3.38. The highest BCUT2D eigenvalue weighted by molar-refractivity contribution is 6.31. The van der Waals surface area contributed by atoms with Gasteiger partial charge in [0.1, 0.15) is 13.2 Å². The number of halogens is 1. The lowest BCUT2D eigenvalue weighted by Gasteiger charge is -2.34. The van der Waals surface area contributed by atoms with Crippen LogP contribution in [0.5, 0.6) is 11.5 Å². The van der Waals surface area contributed by atoms with Crippen molar-refractivity contribution in [2.45, 2.75) is 58.0 Å². The number of benzene rings is 1. The number of fused-ring (bicyclic) bond motifs is 3. The van der Waals surface area contributed by atoms with Gasteiger partial charge in [-0.15, -0.1) is 0 Å². The average molecular weight is 408 g/mol. The molecule has 0 radical (unpaired) electrons. The summed E-state index contributed by atoms with van der Waals surface area (Å²) >= 11 is 6.39. The van der Waals surface area contributed by atoms with Crippen LogP contribution in [0.1, 0.15) is 45.1 Å². The van der Waals surface area contributed by atoms with E-state index in [1.54, 1.807) is 12.1 Å². The first kappa shape index (κ1) is 19.4. The van der Waals surface area contributed by atoms with Gasteiger partial charge in [-0.3, -0.25) is 9.59 Å². The summed E-state index contributed by atoms with van der Waals surface area (Å²) in [6, 6.07) is 3.51. The quantitative estimate of drug-likeness (QED) is 0.700. The van der Waals surface area contributed by atoms with Gasteiger partial charge in [-0.05, 0) is 44.2 Å². The molecule has 1 aromatic rings. The molecule has 2 bridgehead atoms. The van der Waals surface area contributed by atoms with E-state index in [1.807, 2.05) is 18.7 Å². The van der Waals surface area contributed by atoms with Crippen molar-refractivity contribution in [3.63, 3.8) is 0 Å². The lowest BCUT2D eigenvalue weighted by atomic mass is 9.72. The maximum Gasteiger partial charge on any atom is 0.314 e. The second-order valence-electron chi connectivity index (χ2n) is 7.75. The molecule has 1 aromatic carbocycles. The molecule has 0 aliphatic carbocycles. The Bertz CT molecular complexity index is 797. The second kappa shape index (κ2) is 7.47. The third-order valence-corrected chi connectivity index (χ3v) is 6.75. The molecule has 2 fully saturated rings. The summed E-state index contributed by atoms with van der Waals surface area (Å²) in [7, 11) is 0. The van der Waals surface area contributed by atoms with E-state index in [9.17, 15) is 9.59 Å². The summed E-state index contributed by atoms with van der Waals surface area (Å²) in [6.45, 7) is 5.17. The molecule has 0 saturated carbocycles. The second-order valence-corrected chi connectivity index (χ2v) is 8.15. The van der Waals surface area contributed by atoms with Gasteiger partial charge in [0, 0.05) is 23.2 Å². The molecule has 3 aliphatic rings. The lowest BCUT2D eigenvalue weighted by Crippen LogP contribution is -2.46. The van der Waals surface area contributed by atoms with E-state index >= 15 is 0 Å². The fourth-order valence-corrected chi connectivity index (χ4v) is 5.29. The van der Waals surface area contributed by atoms with Gasteiger partial charge in [0.25, 0.3) is 0 Å². The molecule has 3 atom stereocenters. The van der Waals surface area contributed by atoms with Crippen LogP contribution in [0.3, 0.4) is 0 Å². The number of esters is 1. The largest absolute Gasteiger partial charge is 0.486 e. The third kappa shape index (κ3) is 3.02. The summed E-state index contributed by atoms with van der Waals surface area (Å²) in [6.07, 6.45) is 3.34. The van der Waals surface area contributed by atoms with Gasteiger partial charge in [-0.1, -0.05) is 18.5 Å². The standard InChI is InChI=1S/C21H26ClNO5/c1-3-21(20(25)26-4-2)12-14-5-6-18(21)23(14)19(24)10-13-9-16-17(11-15(13)22)28-8-7-27-16/h9,11,14,18H,3-8,10,12H2,1-2H3/t14-,18+,21+/m1/s1. The number of ether oxygens (including phenoxy) is 3. The molecule has 0 spiro atoms. The Kier molecular flexibility index (Phi) is 5.17. The van der Waals surface area contributed by atoms with E-state index in [4.69, 9.17) is 25.8 Å². The number of carbonyl (C=O) groups is 2. The van der Waals surface area contributed by atoms with E-state index in [0.717, 1.165) is 18.4 Å². The number of carbonyl (C=O) groups excluding carboxylic acids is 2. The van der Waals surface area contributed by atoms with Crippen molar-refractivity contribution in [1.29, 1.82) is 0 Å². The zero-order valence-electron chi connectivity index (χ0n) is 16.3. The van der Waals surface area contributed by atoms with Gasteiger partial charge in [-0.25, -0.2) is 0 Å². The molecular formula is C21H26ClNO5. The predicted molar refractivity (Wildman–Crippen MR) is 104 cm³/mol. The fraction of sp³-hybridized carbons (Fsp3) is 0.619. The Balaban J connectivity index is 1.55. The summed E-state index contributed by atoms with van der Waals surface area (Å²) in [5.41, 5.74) is 0.144. The van der Waals surface area contributed by atoms with Crippen LogP contribution in [0.4, 0.5) is 0 Å². The van der Waals surface area contributed by atoms with Crippen molar-refractivity contribution in [2.75, 3.05) is 19.8 Å². The number of nitrogens with zero attached hydrogens (tertiary/aromatic N) is 1. The zero-order chi connectivity index (χ0) is 19.9. The molecule has 4 rings (SSSR count). The van der Waals surface area contributed by atoms with Crippen LogP contribution in [0.2, 0.25) is 5.02 Å². The molecule has 3 heterocycles. The van der Waals surface area contributed by atoms with Crippen molar-refractivity contribution < 1.29 is 23.8 Å². The first-order valence-electron chi connectivity index (χ1n) is 10.1. The third-order valence-electron chi connectivity index (χ3n) is 6.39. The SMILES string of the molecule is CCOC(=O)[C@@]1(CC)C[C@H]2CC[C@@H]1N2C(=O)Cc1cc2c(cc1Cl)OCCO2. The van der Waals surface area contributed by atoms with Gasteiger partial charge in [-0.2, -0.15) is 0 Å². The minimum absolute atomic E-state index is 0.00528.